The molecule has 0 spiro atoms. The van der Waals surface area contributed by atoms with Gasteiger partial charge in [0.15, 0.2) is 0 Å². The SMILES string of the molecule is [Gd+3].[Gd+3].[Gd+3].[Gd+3].[O-]c1ccccc1C=NCCN=Cc1ccccc1[O-].[O-]c1ccccc1C=NCCN=Cc1ccccc1[O-].[O-]c1ccccc1C=NCCN=Cc1ccccc1[O-].[O-]c1ccccc1C=NCCN=Cc1ccccc1[O-].[O-]c1ccccc1C=NCCN=Cc1ccccc1[O-].[O-]c1ccccc1C=NCCN=Cc1ccccc1[O-]. The molecule has 12 aromatic carbocycles. The molecule has 24 nitrogen and oxygen atoms in total. The monoisotopic (exact) mass is 2230 g/mol. The van der Waals surface area contributed by atoms with Crippen LogP contribution in [0.1, 0.15) is 66.8 Å². The Hall–Kier alpha value is -10.4. The maximum absolute atomic E-state index is 11.4. The first-order valence-corrected chi connectivity index (χ1v) is 37.7. The second-order valence-electron chi connectivity index (χ2n) is 24.9. The zero-order valence-corrected chi connectivity index (χ0v) is 75.9. The Balaban J connectivity index is 0.000000382. The van der Waals surface area contributed by atoms with Gasteiger partial charge in [0.25, 0.3) is 0 Å². The van der Waals surface area contributed by atoms with Gasteiger partial charge in [0.05, 0.1) is 78.5 Å². The van der Waals surface area contributed by atoms with Gasteiger partial charge in [-0.05, 0) is 66.8 Å². The number of rotatable bonds is 30. The quantitative estimate of drug-likeness (QED) is 0.0303. The molecule has 0 saturated carbocycles. The van der Waals surface area contributed by atoms with Crippen molar-refractivity contribution in [1.29, 1.82) is 0 Å². The van der Waals surface area contributed by atoms with Crippen LogP contribution >= 0.6 is 0 Å². The summed E-state index contributed by atoms with van der Waals surface area (Å²) < 4.78 is 0. The number of hydrogen-bond acceptors (Lipinski definition) is 24. The molecule has 0 amide bonds. The Bertz CT molecular complexity index is 4280. The molecule has 28 heteroatoms. The van der Waals surface area contributed by atoms with E-state index in [9.17, 15) is 61.3 Å². The molecule has 0 fully saturated rings. The topological polar surface area (TPSA) is 425 Å². The Morgan fingerprint density at radius 3 is 0.250 bits per heavy atom. The summed E-state index contributed by atoms with van der Waals surface area (Å²) in [7, 11) is 0. The Morgan fingerprint density at radius 1 is 0.121 bits per heavy atom. The van der Waals surface area contributed by atoms with Crippen molar-refractivity contribution >= 4 is 74.6 Å². The van der Waals surface area contributed by atoms with Crippen molar-refractivity contribution < 1.29 is 221 Å². The van der Waals surface area contributed by atoms with Gasteiger partial charge in [0, 0.05) is 74.6 Å². The number of benzene rings is 12. The number of nitrogens with zero attached hydrogens (tertiary/aromatic N) is 12. The molecule has 124 heavy (non-hydrogen) atoms. The van der Waals surface area contributed by atoms with Gasteiger partial charge >= 0.3 is 160 Å². The summed E-state index contributed by atoms with van der Waals surface area (Å²) >= 11 is 0. The van der Waals surface area contributed by atoms with Crippen molar-refractivity contribution in [3.05, 3.63) is 358 Å². The molecule has 0 aliphatic rings. The molecule has 0 aliphatic heterocycles. The van der Waals surface area contributed by atoms with Crippen LogP contribution in [-0.4, -0.2) is 153 Å². The molecule has 0 atom stereocenters. The van der Waals surface area contributed by atoms with E-state index in [1.165, 1.54) is 72.8 Å². The largest absolute Gasteiger partial charge is 3.00 e. The van der Waals surface area contributed by atoms with Gasteiger partial charge in [-0.2, -0.15) is 0 Å². The van der Waals surface area contributed by atoms with Gasteiger partial charge in [-0.3, -0.25) is 59.9 Å². The molecular formula is C96H84Gd4N12O12. The normalized spacial score (nSPS) is 11.0. The smallest absolute Gasteiger partial charge is 0.872 e. The van der Waals surface area contributed by atoms with Crippen LogP contribution in [0.25, 0.3) is 0 Å². The first-order valence-electron chi connectivity index (χ1n) is 37.7. The fourth-order valence-electron chi connectivity index (χ4n) is 9.69. The molecule has 4 radical (unpaired) electrons. The van der Waals surface area contributed by atoms with Gasteiger partial charge in [-0.15, -0.1) is 69.0 Å². The van der Waals surface area contributed by atoms with Crippen molar-refractivity contribution in [2.24, 2.45) is 59.9 Å². The van der Waals surface area contributed by atoms with E-state index >= 15 is 0 Å². The molecular weight excluding hydrogens is 2140 g/mol. The van der Waals surface area contributed by atoms with Crippen LogP contribution in [0, 0.1) is 160 Å². The molecule has 0 heterocycles. The summed E-state index contributed by atoms with van der Waals surface area (Å²) in [6.45, 7) is 5.74. The fraction of sp³-hybridized carbons (Fsp3) is 0.125. The average molecular weight is 2230 g/mol. The Labute approximate surface area is 850 Å². The fourth-order valence-corrected chi connectivity index (χ4v) is 9.69. The molecule has 0 aromatic heterocycles. The minimum absolute atomic E-state index is 0. The van der Waals surface area contributed by atoms with E-state index < -0.39 is 0 Å². The van der Waals surface area contributed by atoms with Crippen molar-refractivity contribution in [2.45, 2.75) is 0 Å². The van der Waals surface area contributed by atoms with Gasteiger partial charge in [0.2, 0.25) is 0 Å². The zero-order chi connectivity index (χ0) is 85.3. The molecule has 0 saturated heterocycles. The maximum atomic E-state index is 11.4. The van der Waals surface area contributed by atoms with Crippen molar-refractivity contribution in [3.8, 4) is 69.0 Å². The van der Waals surface area contributed by atoms with Crippen LogP contribution in [0.3, 0.4) is 0 Å². The molecule has 0 aliphatic carbocycles. The molecule has 0 N–H and O–H groups in total. The summed E-state index contributed by atoms with van der Waals surface area (Å²) in [6, 6.07) is 80.7. The van der Waals surface area contributed by atoms with Crippen molar-refractivity contribution in [2.75, 3.05) is 78.5 Å². The Kier molecular flexibility index (Phi) is 57.5. The third-order valence-electron chi connectivity index (χ3n) is 15.9. The molecule has 0 unspecified atom stereocenters. The van der Waals surface area contributed by atoms with Gasteiger partial charge in [-0.1, -0.05) is 291 Å². The summed E-state index contributed by atoms with van der Waals surface area (Å²) in [5, 5.41) is 137. The second-order valence-corrected chi connectivity index (χ2v) is 24.9. The van der Waals surface area contributed by atoms with E-state index in [4.69, 9.17) is 0 Å². The van der Waals surface area contributed by atoms with Crippen LogP contribution in [0.15, 0.2) is 351 Å². The minimum Gasteiger partial charge on any atom is -0.872 e. The zero-order valence-electron chi connectivity index (χ0n) is 66.8. The summed E-state index contributed by atoms with van der Waals surface area (Å²) in [5.41, 5.74) is 6.85. The third kappa shape index (κ3) is 44.3. The molecule has 12 aromatic rings. The van der Waals surface area contributed by atoms with Crippen LogP contribution in [0.4, 0.5) is 0 Å². The van der Waals surface area contributed by atoms with Crippen molar-refractivity contribution in [1.82, 2.24) is 0 Å². The van der Waals surface area contributed by atoms with Crippen LogP contribution in [0.2, 0.25) is 0 Å². The van der Waals surface area contributed by atoms with E-state index in [2.05, 4.69) is 59.9 Å². The molecule has 0 bridgehead atoms. The number of hydrogen-bond donors (Lipinski definition) is 0. The second kappa shape index (κ2) is 66.1. The van der Waals surface area contributed by atoms with E-state index in [-0.39, 0.29) is 229 Å². The van der Waals surface area contributed by atoms with Gasteiger partial charge < -0.3 is 61.3 Å². The van der Waals surface area contributed by atoms with E-state index in [0.717, 1.165) is 0 Å². The predicted molar refractivity (Wildman–Crippen MR) is 460 cm³/mol. The Morgan fingerprint density at radius 2 is 0.185 bits per heavy atom. The first kappa shape index (κ1) is 108. The number of aliphatic imine (C=N–C) groups is 12. The predicted octanol–water partition coefficient (Wildman–Crippen LogP) is 8.23. The van der Waals surface area contributed by atoms with Crippen LogP contribution < -0.4 is 61.3 Å². The van der Waals surface area contributed by atoms with E-state index in [1.54, 1.807) is 293 Å². The first-order chi connectivity index (χ1) is 58.6. The summed E-state index contributed by atoms with van der Waals surface area (Å²) in [4.78, 5) is 49.7. The standard InChI is InChI=1S/6C16H16N2O2.4Gd/c6*19-15-7-3-1-5-13(15)11-17-9-10-18-12-14-6-2-4-8-16(14)20;;;;/h6*1-8,11-12,19-20H,9-10H2;;;;/q;;;;;;4*+3/p-12. The molecule has 632 valence electrons. The van der Waals surface area contributed by atoms with Gasteiger partial charge in [-0.25, -0.2) is 0 Å². The molecule has 12 rings (SSSR count). The summed E-state index contributed by atoms with van der Waals surface area (Å²) in [6.07, 6.45) is 18.7. The summed E-state index contributed by atoms with van der Waals surface area (Å²) in [5.74, 6) is -0.500. The van der Waals surface area contributed by atoms with Crippen LogP contribution in [-0.2, 0) is 0 Å². The number of para-hydroxylation sites is 12. The average Bonchev–Trinajstić information content (AvgIpc) is 0.908. The minimum atomic E-state index is -0.0416. The maximum Gasteiger partial charge on any atom is 3.00 e. The van der Waals surface area contributed by atoms with E-state index in [1.807, 2.05) is 0 Å². The van der Waals surface area contributed by atoms with Gasteiger partial charge in [0.1, 0.15) is 0 Å². The van der Waals surface area contributed by atoms with E-state index in [0.29, 0.717) is 145 Å². The van der Waals surface area contributed by atoms with Crippen LogP contribution in [0.5, 0.6) is 69.0 Å². The van der Waals surface area contributed by atoms with Crippen molar-refractivity contribution in [3.63, 3.8) is 0 Å². The third-order valence-corrected chi connectivity index (χ3v) is 15.9.